The molecule has 0 saturated carbocycles. The first kappa shape index (κ1) is 14.9. The Hall–Kier alpha value is -3.02. The molecule has 6 heteroatoms. The van der Waals surface area contributed by atoms with Crippen molar-refractivity contribution in [3.63, 3.8) is 0 Å². The average molecular weight is 311 g/mol. The second kappa shape index (κ2) is 6.39. The zero-order valence-electron chi connectivity index (χ0n) is 12.7. The molecule has 6 nitrogen and oxygen atoms in total. The van der Waals surface area contributed by atoms with Crippen LogP contribution in [0.25, 0.3) is 0 Å². The Morgan fingerprint density at radius 1 is 1.13 bits per heavy atom. The molecule has 0 unspecified atom stereocenters. The smallest absolute Gasteiger partial charge is 0.319 e. The number of nitrogens with one attached hydrogen (secondary N) is 2. The molecule has 1 atom stereocenters. The Bertz CT molecular complexity index is 701. The summed E-state index contributed by atoms with van der Waals surface area (Å²) in [4.78, 5) is 25.7. The van der Waals surface area contributed by atoms with Gasteiger partial charge in [0.1, 0.15) is 11.8 Å². The van der Waals surface area contributed by atoms with Crippen LogP contribution in [0.4, 0.5) is 16.2 Å². The largest absolute Gasteiger partial charge is 0.497 e. The monoisotopic (exact) mass is 311 g/mol. The molecule has 3 rings (SSSR count). The summed E-state index contributed by atoms with van der Waals surface area (Å²) >= 11 is 0. The summed E-state index contributed by atoms with van der Waals surface area (Å²) in [5.74, 6) is 0.602. The van der Waals surface area contributed by atoms with Crippen molar-refractivity contribution in [2.75, 3.05) is 23.9 Å². The molecule has 0 aliphatic carbocycles. The molecule has 118 valence electrons. The van der Waals surface area contributed by atoms with E-state index < -0.39 is 12.1 Å². The summed E-state index contributed by atoms with van der Waals surface area (Å²) in [6.07, 6.45) is 0. The molecule has 0 aromatic heterocycles. The third-order valence-corrected chi connectivity index (χ3v) is 3.65. The third-order valence-electron chi connectivity index (χ3n) is 3.65. The number of urea groups is 1. The minimum Gasteiger partial charge on any atom is -0.497 e. The van der Waals surface area contributed by atoms with Crippen molar-refractivity contribution in [1.82, 2.24) is 5.32 Å². The fraction of sp³-hybridized carbons (Fsp3) is 0.176. The number of β-lactam (4-membered cyclic amide) rings is 1. The molecule has 2 aromatic rings. The predicted octanol–water partition coefficient (Wildman–Crippen LogP) is 2.23. The van der Waals surface area contributed by atoms with Gasteiger partial charge in [-0.2, -0.15) is 0 Å². The van der Waals surface area contributed by atoms with Gasteiger partial charge >= 0.3 is 6.03 Å². The number of hydrogen-bond donors (Lipinski definition) is 2. The fourth-order valence-electron chi connectivity index (χ4n) is 2.37. The van der Waals surface area contributed by atoms with E-state index in [4.69, 9.17) is 4.74 Å². The number of amides is 3. The van der Waals surface area contributed by atoms with Crippen LogP contribution in [0.5, 0.6) is 5.75 Å². The highest BCUT2D eigenvalue weighted by Crippen LogP contribution is 2.21. The number of methoxy groups -OCH3 is 1. The number of hydrogen-bond acceptors (Lipinski definition) is 3. The molecule has 1 aliphatic heterocycles. The summed E-state index contributed by atoms with van der Waals surface area (Å²) < 4.78 is 5.05. The zero-order chi connectivity index (χ0) is 16.2. The molecule has 23 heavy (non-hydrogen) atoms. The lowest BCUT2D eigenvalue weighted by Gasteiger charge is -2.38. The second-order valence-corrected chi connectivity index (χ2v) is 5.16. The number of carbonyl (C=O) groups excluding carboxylic acids is 2. The first-order valence-electron chi connectivity index (χ1n) is 7.25. The molecule has 1 saturated heterocycles. The summed E-state index contributed by atoms with van der Waals surface area (Å²) in [6, 6.07) is 15.5. The van der Waals surface area contributed by atoms with Crippen LogP contribution in [0.15, 0.2) is 54.6 Å². The highest BCUT2D eigenvalue weighted by atomic mass is 16.5. The standard InChI is InChI=1S/C17H17N3O3/c1-23-14-9-7-12(8-10-14)18-17(22)19-15-11-20(16(15)21)13-5-3-2-4-6-13/h2-10,15H,11H2,1H3,(H2,18,19,22)/t15-/m0/s1. The number of nitrogens with zero attached hydrogens (tertiary/aromatic N) is 1. The van der Waals surface area contributed by atoms with Crippen LogP contribution in [0.2, 0.25) is 0 Å². The van der Waals surface area contributed by atoms with Gasteiger partial charge in [0, 0.05) is 11.4 Å². The summed E-state index contributed by atoms with van der Waals surface area (Å²) in [5.41, 5.74) is 1.47. The van der Waals surface area contributed by atoms with Crippen molar-refractivity contribution in [3.8, 4) is 5.75 Å². The summed E-state index contributed by atoms with van der Waals surface area (Å²) in [6.45, 7) is 0.471. The van der Waals surface area contributed by atoms with E-state index in [0.717, 1.165) is 5.69 Å². The number of anilines is 2. The van der Waals surface area contributed by atoms with Gasteiger partial charge in [-0.05, 0) is 36.4 Å². The topological polar surface area (TPSA) is 70.7 Å². The molecule has 0 radical (unpaired) electrons. The van der Waals surface area contributed by atoms with E-state index >= 15 is 0 Å². The normalized spacial score (nSPS) is 16.5. The average Bonchev–Trinajstić information content (AvgIpc) is 2.59. The lowest BCUT2D eigenvalue weighted by Crippen LogP contribution is -2.64. The lowest BCUT2D eigenvalue weighted by molar-refractivity contribution is -0.124. The Morgan fingerprint density at radius 3 is 2.43 bits per heavy atom. The van der Waals surface area contributed by atoms with E-state index in [1.807, 2.05) is 30.3 Å². The molecular weight excluding hydrogens is 294 g/mol. The molecular formula is C17H17N3O3. The molecule has 1 aliphatic rings. The molecule has 0 spiro atoms. The molecule has 0 bridgehead atoms. The predicted molar refractivity (Wildman–Crippen MR) is 87.7 cm³/mol. The van der Waals surface area contributed by atoms with Gasteiger partial charge in [-0.25, -0.2) is 4.79 Å². The number of para-hydroxylation sites is 1. The SMILES string of the molecule is COc1ccc(NC(=O)N[C@H]2CN(c3ccccc3)C2=O)cc1. The minimum atomic E-state index is -0.492. The van der Waals surface area contributed by atoms with Crippen molar-refractivity contribution in [2.24, 2.45) is 0 Å². The van der Waals surface area contributed by atoms with E-state index in [-0.39, 0.29) is 5.91 Å². The lowest BCUT2D eigenvalue weighted by atomic mass is 10.1. The van der Waals surface area contributed by atoms with Gasteiger partial charge in [-0.15, -0.1) is 0 Å². The van der Waals surface area contributed by atoms with E-state index in [9.17, 15) is 9.59 Å². The van der Waals surface area contributed by atoms with E-state index in [1.54, 1.807) is 36.3 Å². The van der Waals surface area contributed by atoms with E-state index in [1.165, 1.54) is 0 Å². The van der Waals surface area contributed by atoms with Crippen LogP contribution < -0.4 is 20.3 Å². The van der Waals surface area contributed by atoms with Gasteiger partial charge < -0.3 is 20.3 Å². The Labute approximate surface area is 134 Å². The maximum atomic E-state index is 12.1. The van der Waals surface area contributed by atoms with E-state index in [2.05, 4.69) is 10.6 Å². The van der Waals surface area contributed by atoms with Gasteiger partial charge in [0.2, 0.25) is 0 Å². The third kappa shape index (κ3) is 3.26. The van der Waals surface area contributed by atoms with Gasteiger partial charge in [0.25, 0.3) is 5.91 Å². The quantitative estimate of drug-likeness (QED) is 0.851. The van der Waals surface area contributed by atoms with Crippen LogP contribution in [0, 0.1) is 0 Å². The van der Waals surface area contributed by atoms with Crippen LogP contribution in [-0.2, 0) is 4.79 Å². The van der Waals surface area contributed by atoms with Crippen LogP contribution in [-0.4, -0.2) is 31.6 Å². The summed E-state index contributed by atoms with van der Waals surface area (Å²) in [5, 5.41) is 5.36. The molecule has 1 fully saturated rings. The molecule has 1 heterocycles. The van der Waals surface area contributed by atoms with Crippen molar-refractivity contribution < 1.29 is 14.3 Å². The van der Waals surface area contributed by atoms with Crippen LogP contribution >= 0.6 is 0 Å². The fourth-order valence-corrected chi connectivity index (χ4v) is 2.37. The second-order valence-electron chi connectivity index (χ2n) is 5.16. The maximum absolute atomic E-state index is 12.1. The number of rotatable bonds is 4. The Morgan fingerprint density at radius 2 is 1.83 bits per heavy atom. The van der Waals surface area contributed by atoms with Gasteiger partial charge in [-0.1, -0.05) is 18.2 Å². The maximum Gasteiger partial charge on any atom is 0.319 e. The van der Waals surface area contributed by atoms with Crippen molar-refractivity contribution >= 4 is 23.3 Å². The van der Waals surface area contributed by atoms with Crippen LogP contribution in [0.1, 0.15) is 0 Å². The van der Waals surface area contributed by atoms with Crippen molar-refractivity contribution in [3.05, 3.63) is 54.6 Å². The number of carbonyl (C=O) groups is 2. The number of benzene rings is 2. The van der Waals surface area contributed by atoms with Gasteiger partial charge in [0.15, 0.2) is 0 Å². The van der Waals surface area contributed by atoms with Gasteiger partial charge in [-0.3, -0.25) is 4.79 Å². The molecule has 2 aromatic carbocycles. The Balaban J connectivity index is 1.52. The number of ether oxygens (including phenoxy) is 1. The zero-order valence-corrected chi connectivity index (χ0v) is 12.7. The van der Waals surface area contributed by atoms with Crippen molar-refractivity contribution in [2.45, 2.75) is 6.04 Å². The molecule has 2 N–H and O–H groups in total. The van der Waals surface area contributed by atoms with Crippen molar-refractivity contribution in [1.29, 1.82) is 0 Å². The minimum absolute atomic E-state index is 0.110. The first-order chi connectivity index (χ1) is 11.2. The van der Waals surface area contributed by atoms with E-state index in [0.29, 0.717) is 18.0 Å². The highest BCUT2D eigenvalue weighted by molar-refractivity contribution is 6.06. The molecule has 3 amide bonds. The van der Waals surface area contributed by atoms with Crippen LogP contribution in [0.3, 0.4) is 0 Å². The highest BCUT2D eigenvalue weighted by Gasteiger charge is 2.38. The first-order valence-corrected chi connectivity index (χ1v) is 7.25. The summed E-state index contributed by atoms with van der Waals surface area (Å²) in [7, 11) is 1.58. The van der Waals surface area contributed by atoms with Gasteiger partial charge in [0.05, 0.1) is 13.7 Å². The Kier molecular flexibility index (Phi) is 4.14.